The maximum absolute atomic E-state index is 12.5. The van der Waals surface area contributed by atoms with Crippen LogP contribution >= 0.6 is 0 Å². The van der Waals surface area contributed by atoms with Gasteiger partial charge in [-0.05, 0) is 61.6 Å². The molecule has 0 saturated carbocycles. The van der Waals surface area contributed by atoms with E-state index in [1.165, 1.54) is 19.2 Å². The summed E-state index contributed by atoms with van der Waals surface area (Å²) in [6.45, 7) is 14.3. The number of hydrogen-bond acceptors (Lipinski definition) is 11. The molecule has 11 heteroatoms. The molecule has 0 aromatic heterocycles. The van der Waals surface area contributed by atoms with E-state index in [0.717, 1.165) is 6.42 Å². The molecule has 0 amide bonds. The maximum Gasteiger partial charge on any atom is 0.513 e. The van der Waals surface area contributed by atoms with Crippen LogP contribution in [0, 0.1) is 17.8 Å². The molecule has 3 atom stereocenters. The van der Waals surface area contributed by atoms with Gasteiger partial charge in [0.15, 0.2) is 11.5 Å². The first-order valence-electron chi connectivity index (χ1n) is 14.7. The summed E-state index contributed by atoms with van der Waals surface area (Å²) in [6, 6.07) is 3.75. The van der Waals surface area contributed by atoms with Gasteiger partial charge in [0, 0.05) is 13.0 Å². The van der Waals surface area contributed by atoms with Gasteiger partial charge in [0.25, 0.3) is 0 Å². The van der Waals surface area contributed by atoms with Gasteiger partial charge in [0.1, 0.15) is 12.1 Å². The van der Waals surface area contributed by atoms with Crippen molar-refractivity contribution in [3.8, 4) is 11.5 Å². The highest BCUT2D eigenvalue weighted by Gasteiger charge is 2.23. The number of rotatable bonds is 18. The number of esters is 2. The Labute approximate surface area is 249 Å². The third kappa shape index (κ3) is 15.6. The smallest absolute Gasteiger partial charge is 0.468 e. The van der Waals surface area contributed by atoms with E-state index < -0.39 is 30.4 Å². The first kappa shape index (κ1) is 36.7. The number of ether oxygens (including phenoxy) is 6. The molecular formula is C31H49NO10. The predicted molar refractivity (Wildman–Crippen MR) is 156 cm³/mol. The zero-order chi connectivity index (χ0) is 31.7. The minimum Gasteiger partial charge on any atom is -0.468 e. The maximum atomic E-state index is 12.5. The molecule has 0 saturated heterocycles. The second kappa shape index (κ2) is 19.7. The molecule has 0 radical (unpaired) electrons. The van der Waals surface area contributed by atoms with Crippen LogP contribution in [0.25, 0.3) is 0 Å². The van der Waals surface area contributed by atoms with Crippen molar-refractivity contribution in [3.63, 3.8) is 0 Å². The zero-order valence-corrected chi connectivity index (χ0v) is 26.4. The molecule has 1 rings (SSSR count). The van der Waals surface area contributed by atoms with Crippen LogP contribution in [-0.4, -0.2) is 63.3 Å². The lowest BCUT2D eigenvalue weighted by Gasteiger charge is -2.21. The summed E-state index contributed by atoms with van der Waals surface area (Å²) in [6.07, 6.45) is 0.272. The van der Waals surface area contributed by atoms with E-state index in [9.17, 15) is 19.2 Å². The van der Waals surface area contributed by atoms with E-state index in [0.29, 0.717) is 36.7 Å². The van der Waals surface area contributed by atoms with Crippen LogP contribution in [0.15, 0.2) is 18.2 Å². The van der Waals surface area contributed by atoms with Gasteiger partial charge in [0.05, 0.1) is 20.3 Å². The summed E-state index contributed by atoms with van der Waals surface area (Å²) in [5, 5.41) is 3.08. The van der Waals surface area contributed by atoms with Crippen molar-refractivity contribution in [2.45, 2.75) is 92.7 Å². The van der Waals surface area contributed by atoms with Gasteiger partial charge in [-0.25, -0.2) is 9.59 Å². The van der Waals surface area contributed by atoms with Crippen LogP contribution < -0.4 is 14.8 Å². The summed E-state index contributed by atoms with van der Waals surface area (Å²) >= 11 is 0. The van der Waals surface area contributed by atoms with Crippen molar-refractivity contribution in [1.29, 1.82) is 0 Å². The van der Waals surface area contributed by atoms with Gasteiger partial charge in [-0.2, -0.15) is 0 Å². The number of hydrogen-bond donors (Lipinski definition) is 1. The van der Waals surface area contributed by atoms with E-state index in [-0.39, 0.29) is 49.6 Å². The van der Waals surface area contributed by atoms with Crippen LogP contribution in [0.2, 0.25) is 0 Å². The summed E-state index contributed by atoms with van der Waals surface area (Å²) < 4.78 is 31.4. The molecule has 1 aromatic rings. The van der Waals surface area contributed by atoms with Gasteiger partial charge < -0.3 is 33.7 Å². The third-order valence-electron chi connectivity index (χ3n) is 6.35. The van der Waals surface area contributed by atoms with Crippen molar-refractivity contribution in [1.82, 2.24) is 5.32 Å². The molecule has 0 aliphatic heterocycles. The van der Waals surface area contributed by atoms with Crippen molar-refractivity contribution >= 4 is 24.2 Å². The van der Waals surface area contributed by atoms with Crippen LogP contribution in [0.4, 0.5) is 9.59 Å². The average Bonchev–Trinajstić information content (AvgIpc) is 2.91. The second-order valence-electron chi connectivity index (χ2n) is 11.3. The molecule has 0 aliphatic carbocycles. The van der Waals surface area contributed by atoms with Crippen molar-refractivity contribution in [2.24, 2.45) is 17.8 Å². The van der Waals surface area contributed by atoms with Crippen molar-refractivity contribution < 1.29 is 47.6 Å². The van der Waals surface area contributed by atoms with Gasteiger partial charge >= 0.3 is 24.2 Å². The normalized spacial score (nSPS) is 13.2. The fourth-order valence-electron chi connectivity index (χ4n) is 3.51. The Morgan fingerprint density at radius 2 is 1.40 bits per heavy atom. The lowest BCUT2D eigenvalue weighted by atomic mass is 10.0. The fraction of sp³-hybridized carbons (Fsp3) is 0.677. The Kier molecular flexibility index (Phi) is 17.2. The number of benzene rings is 1. The Hall–Kier alpha value is -3.34. The Morgan fingerprint density at radius 1 is 0.833 bits per heavy atom. The first-order chi connectivity index (χ1) is 19.8. The Balaban J connectivity index is 3.02. The topological polar surface area (TPSA) is 136 Å². The van der Waals surface area contributed by atoms with Gasteiger partial charge in [0.2, 0.25) is 0 Å². The van der Waals surface area contributed by atoms with Crippen molar-refractivity contribution in [2.75, 3.05) is 26.9 Å². The van der Waals surface area contributed by atoms with Crippen LogP contribution in [-0.2, 0) is 35.0 Å². The molecule has 0 aliphatic rings. The van der Waals surface area contributed by atoms with Crippen LogP contribution in [0.5, 0.6) is 11.5 Å². The quantitative estimate of drug-likeness (QED) is 0.124. The minimum atomic E-state index is -0.957. The number of carbonyl (C=O) groups is 4. The van der Waals surface area contributed by atoms with Gasteiger partial charge in [-0.1, -0.05) is 54.0 Å². The van der Waals surface area contributed by atoms with E-state index in [1.54, 1.807) is 13.0 Å². The van der Waals surface area contributed by atoms with Crippen molar-refractivity contribution in [3.05, 3.63) is 23.8 Å². The van der Waals surface area contributed by atoms with Gasteiger partial charge in [-0.15, -0.1) is 0 Å². The highest BCUT2D eigenvalue weighted by molar-refractivity contribution is 5.76. The average molecular weight is 596 g/mol. The number of methoxy groups -OCH3 is 1. The molecule has 0 bridgehead atoms. The van der Waals surface area contributed by atoms with Crippen LogP contribution in [0.1, 0.15) is 79.7 Å². The predicted octanol–water partition coefficient (Wildman–Crippen LogP) is 5.85. The molecule has 0 heterocycles. The fourth-order valence-corrected chi connectivity index (χ4v) is 3.51. The summed E-state index contributed by atoms with van der Waals surface area (Å²) in [7, 11) is 1.27. The monoisotopic (exact) mass is 595 g/mol. The highest BCUT2D eigenvalue weighted by Crippen LogP contribution is 2.30. The summed E-state index contributed by atoms with van der Waals surface area (Å²) in [5.74, 6) is -0.0516. The largest absolute Gasteiger partial charge is 0.513 e. The Morgan fingerprint density at radius 3 is 1.93 bits per heavy atom. The van der Waals surface area contributed by atoms with E-state index in [4.69, 9.17) is 28.4 Å². The highest BCUT2D eigenvalue weighted by atomic mass is 16.7. The Bertz CT molecular complexity index is 994. The minimum absolute atomic E-state index is 0.0430. The standard InChI is InChI=1S/C31H49NO10/c1-9-22(6)16-28(33)40-23(7)19-32-25(29(34)37-8)17-24-10-11-26(41-30(35)38-14-12-20(2)3)27(18-24)42-31(36)39-15-13-21(4)5/h10-11,18,20-23,25,32H,9,12-17,19H2,1-8H3/t22?,23?,25-/m0/s1. The molecule has 0 fully saturated rings. The number of carbonyl (C=O) groups excluding carboxylic acids is 4. The van der Waals surface area contributed by atoms with Crippen LogP contribution in [0.3, 0.4) is 0 Å². The lowest BCUT2D eigenvalue weighted by Crippen LogP contribution is -2.43. The second-order valence-corrected chi connectivity index (χ2v) is 11.3. The molecule has 2 unspecified atom stereocenters. The van der Waals surface area contributed by atoms with Gasteiger partial charge in [-0.3, -0.25) is 9.59 Å². The first-order valence-corrected chi connectivity index (χ1v) is 14.7. The molecule has 1 N–H and O–H groups in total. The van der Waals surface area contributed by atoms with E-state index in [2.05, 4.69) is 5.32 Å². The lowest BCUT2D eigenvalue weighted by molar-refractivity contribution is -0.149. The van der Waals surface area contributed by atoms with E-state index in [1.807, 2.05) is 41.5 Å². The molecule has 11 nitrogen and oxygen atoms in total. The summed E-state index contributed by atoms with van der Waals surface area (Å²) in [5.41, 5.74) is 0.574. The molecule has 238 valence electrons. The SMILES string of the molecule is CCC(C)CC(=O)OC(C)CN[C@@H](Cc1ccc(OC(=O)OCCC(C)C)c(OC(=O)OCCC(C)C)c1)C(=O)OC. The molecule has 42 heavy (non-hydrogen) atoms. The molecular weight excluding hydrogens is 546 g/mol. The molecule has 1 aromatic carbocycles. The molecule has 0 spiro atoms. The number of nitrogens with one attached hydrogen (secondary N) is 1. The van der Waals surface area contributed by atoms with E-state index >= 15 is 0 Å². The third-order valence-corrected chi connectivity index (χ3v) is 6.35. The zero-order valence-electron chi connectivity index (χ0n) is 26.4. The summed E-state index contributed by atoms with van der Waals surface area (Å²) in [4.78, 5) is 49.3.